The Hall–Kier alpha value is -2.26. The average molecular weight is 365 g/mol. The third-order valence-electron chi connectivity index (χ3n) is 3.71. The van der Waals surface area contributed by atoms with Gasteiger partial charge in [0.05, 0.1) is 20.3 Å². The summed E-state index contributed by atoms with van der Waals surface area (Å²) in [7, 11) is 1.05. The number of esters is 3. The highest BCUT2D eigenvalue weighted by Gasteiger charge is 2.58. The summed E-state index contributed by atoms with van der Waals surface area (Å²) in [5.74, 6) is -8.68. The maximum Gasteiger partial charge on any atom is 0.379 e. The molecule has 0 bridgehead atoms. The fourth-order valence-corrected chi connectivity index (χ4v) is 2.67. The fourth-order valence-electron chi connectivity index (χ4n) is 2.67. The predicted octanol–water partition coefficient (Wildman–Crippen LogP) is 0.671. The highest BCUT2D eigenvalue weighted by molar-refractivity contribution is 5.97. The number of carbonyl (C=O) groups excluding carboxylic acids is 4. The molecule has 142 valence electrons. The number of nitrogens with zero attached hydrogens (tertiary/aromatic N) is 1. The van der Waals surface area contributed by atoms with Gasteiger partial charge in [-0.3, -0.25) is 9.59 Å². The first-order valence-corrected chi connectivity index (χ1v) is 7.80. The Morgan fingerprint density at radius 1 is 1.08 bits per heavy atom. The van der Waals surface area contributed by atoms with Crippen LogP contribution in [-0.2, 0) is 33.4 Å². The minimum atomic E-state index is -4.02. The molecule has 2 atom stereocenters. The predicted molar refractivity (Wildman–Crippen MR) is 78.5 cm³/mol. The van der Waals surface area contributed by atoms with Gasteiger partial charge in [0.2, 0.25) is 5.91 Å². The molecule has 1 heterocycles. The Bertz CT molecular complexity index is 538. The fraction of sp³-hybridized carbons (Fsp3) is 0.733. The molecular formula is C15H21F2NO7. The number of hydrogen-bond donors (Lipinski definition) is 0. The van der Waals surface area contributed by atoms with Gasteiger partial charge in [0.1, 0.15) is 18.5 Å². The molecule has 1 unspecified atom stereocenters. The second-order valence-corrected chi connectivity index (χ2v) is 5.26. The molecule has 8 nitrogen and oxygen atoms in total. The molecule has 0 saturated carbocycles. The summed E-state index contributed by atoms with van der Waals surface area (Å²) >= 11 is 0. The molecule has 1 aliphatic heterocycles. The Labute approximate surface area is 143 Å². The average Bonchev–Trinajstić information content (AvgIpc) is 3.00. The molecule has 0 N–H and O–H groups in total. The Morgan fingerprint density at radius 2 is 1.68 bits per heavy atom. The number of rotatable bonds is 7. The number of amides is 1. The zero-order valence-corrected chi connectivity index (χ0v) is 14.3. The highest BCUT2D eigenvalue weighted by Crippen LogP contribution is 2.37. The van der Waals surface area contributed by atoms with Gasteiger partial charge in [-0.05, 0) is 26.7 Å². The van der Waals surface area contributed by atoms with E-state index in [4.69, 9.17) is 0 Å². The van der Waals surface area contributed by atoms with Crippen LogP contribution in [0, 0.1) is 0 Å². The van der Waals surface area contributed by atoms with Gasteiger partial charge in [-0.25, -0.2) is 9.59 Å². The van der Waals surface area contributed by atoms with Crippen LogP contribution in [0.4, 0.5) is 8.78 Å². The van der Waals surface area contributed by atoms with E-state index in [0.717, 1.165) is 7.11 Å². The SMILES string of the molecule is CCOC(=O)CC(=O)N1C(C(F)(F)C(=O)OCC)CC[C@H]1C(=O)OC. The van der Waals surface area contributed by atoms with E-state index in [1.807, 2.05) is 0 Å². The normalized spacial score (nSPS) is 20.1. The lowest BCUT2D eigenvalue weighted by atomic mass is 10.1. The van der Waals surface area contributed by atoms with E-state index >= 15 is 0 Å². The monoisotopic (exact) mass is 365 g/mol. The van der Waals surface area contributed by atoms with E-state index in [1.165, 1.54) is 13.8 Å². The molecule has 0 aromatic rings. The van der Waals surface area contributed by atoms with Crippen LogP contribution in [0.25, 0.3) is 0 Å². The van der Waals surface area contributed by atoms with Crippen LogP contribution in [0.2, 0.25) is 0 Å². The quantitative estimate of drug-likeness (QED) is 0.371. The highest BCUT2D eigenvalue weighted by atomic mass is 19.3. The van der Waals surface area contributed by atoms with Crippen LogP contribution in [0.3, 0.4) is 0 Å². The van der Waals surface area contributed by atoms with Crippen molar-refractivity contribution >= 4 is 23.8 Å². The first-order chi connectivity index (χ1) is 11.7. The van der Waals surface area contributed by atoms with E-state index in [1.54, 1.807) is 0 Å². The van der Waals surface area contributed by atoms with Crippen molar-refractivity contribution in [1.82, 2.24) is 4.90 Å². The number of methoxy groups -OCH3 is 1. The molecular weight excluding hydrogens is 344 g/mol. The van der Waals surface area contributed by atoms with Crippen molar-refractivity contribution in [2.75, 3.05) is 20.3 Å². The van der Waals surface area contributed by atoms with Gasteiger partial charge in [0, 0.05) is 0 Å². The number of hydrogen-bond acceptors (Lipinski definition) is 7. The van der Waals surface area contributed by atoms with Gasteiger partial charge in [-0.1, -0.05) is 0 Å². The second-order valence-electron chi connectivity index (χ2n) is 5.26. The summed E-state index contributed by atoms with van der Waals surface area (Å²) in [5.41, 5.74) is 0. The smallest absolute Gasteiger partial charge is 0.379 e. The van der Waals surface area contributed by atoms with Crippen molar-refractivity contribution in [3.05, 3.63) is 0 Å². The molecule has 1 saturated heterocycles. The zero-order chi connectivity index (χ0) is 19.2. The van der Waals surface area contributed by atoms with E-state index in [9.17, 15) is 28.0 Å². The van der Waals surface area contributed by atoms with E-state index < -0.39 is 48.2 Å². The van der Waals surface area contributed by atoms with Crippen LogP contribution in [0.15, 0.2) is 0 Å². The minimum Gasteiger partial charge on any atom is -0.467 e. The number of likely N-dealkylation sites (tertiary alicyclic amines) is 1. The number of carbonyl (C=O) groups is 4. The summed E-state index contributed by atoms with van der Waals surface area (Å²) in [4.78, 5) is 47.7. The molecule has 0 spiro atoms. The Kier molecular flexibility index (Phi) is 7.25. The lowest BCUT2D eigenvalue weighted by molar-refractivity contribution is -0.184. The van der Waals surface area contributed by atoms with E-state index in [0.29, 0.717) is 4.90 Å². The summed E-state index contributed by atoms with van der Waals surface area (Å²) in [6.07, 6.45) is -1.27. The number of alkyl halides is 2. The van der Waals surface area contributed by atoms with E-state index in [-0.39, 0.29) is 26.1 Å². The third-order valence-corrected chi connectivity index (χ3v) is 3.71. The maximum absolute atomic E-state index is 14.4. The van der Waals surface area contributed by atoms with Crippen LogP contribution in [0.1, 0.15) is 33.1 Å². The van der Waals surface area contributed by atoms with Gasteiger partial charge in [-0.15, -0.1) is 0 Å². The van der Waals surface area contributed by atoms with Crippen molar-refractivity contribution in [2.45, 2.75) is 51.1 Å². The molecule has 10 heteroatoms. The Morgan fingerprint density at radius 3 is 2.20 bits per heavy atom. The van der Waals surface area contributed by atoms with Crippen molar-refractivity contribution in [3.63, 3.8) is 0 Å². The molecule has 0 aliphatic carbocycles. The van der Waals surface area contributed by atoms with Crippen LogP contribution >= 0.6 is 0 Å². The molecule has 1 fully saturated rings. The third kappa shape index (κ3) is 4.64. The van der Waals surface area contributed by atoms with Crippen LogP contribution in [-0.4, -0.2) is 67.0 Å². The molecule has 1 rings (SSSR count). The molecule has 25 heavy (non-hydrogen) atoms. The van der Waals surface area contributed by atoms with Gasteiger partial charge >= 0.3 is 23.8 Å². The standard InChI is InChI=1S/C15H21F2NO7/c1-4-24-12(20)8-11(19)18-9(13(21)23-3)6-7-10(18)15(16,17)14(22)25-5-2/h9-10H,4-8H2,1-3H3/t9-,10?/m0/s1. The molecule has 1 amide bonds. The van der Waals surface area contributed by atoms with Crippen LogP contribution < -0.4 is 0 Å². The second kappa shape index (κ2) is 8.72. The lowest BCUT2D eigenvalue weighted by Crippen LogP contribution is -2.55. The molecule has 1 aliphatic rings. The number of halogens is 2. The summed E-state index contributed by atoms with van der Waals surface area (Å²) < 4.78 is 42.3. The molecule has 0 aromatic carbocycles. The van der Waals surface area contributed by atoms with Crippen molar-refractivity contribution in [3.8, 4) is 0 Å². The summed E-state index contributed by atoms with van der Waals surface area (Å²) in [6.45, 7) is 2.63. The summed E-state index contributed by atoms with van der Waals surface area (Å²) in [5, 5.41) is 0. The van der Waals surface area contributed by atoms with Crippen molar-refractivity contribution in [2.24, 2.45) is 0 Å². The lowest BCUT2D eigenvalue weighted by Gasteiger charge is -2.32. The first kappa shape index (κ1) is 20.8. The van der Waals surface area contributed by atoms with Crippen molar-refractivity contribution in [1.29, 1.82) is 0 Å². The topological polar surface area (TPSA) is 99.2 Å². The van der Waals surface area contributed by atoms with Gasteiger partial charge in [-0.2, -0.15) is 8.78 Å². The maximum atomic E-state index is 14.4. The minimum absolute atomic E-state index is 0.00889. The first-order valence-electron chi connectivity index (χ1n) is 7.80. The molecule has 0 aromatic heterocycles. The summed E-state index contributed by atoms with van der Waals surface area (Å²) in [6, 6.07) is -3.21. The molecule has 0 radical (unpaired) electrons. The van der Waals surface area contributed by atoms with Gasteiger partial charge in [0.25, 0.3) is 0 Å². The van der Waals surface area contributed by atoms with Gasteiger partial charge in [0.15, 0.2) is 0 Å². The Balaban J connectivity index is 3.10. The zero-order valence-electron chi connectivity index (χ0n) is 14.3. The van der Waals surface area contributed by atoms with Crippen LogP contribution in [0.5, 0.6) is 0 Å². The number of ether oxygens (including phenoxy) is 3. The van der Waals surface area contributed by atoms with Crippen molar-refractivity contribution < 1.29 is 42.2 Å². The largest absolute Gasteiger partial charge is 0.467 e. The van der Waals surface area contributed by atoms with E-state index in [2.05, 4.69) is 14.2 Å². The van der Waals surface area contributed by atoms with Gasteiger partial charge < -0.3 is 19.1 Å².